The Bertz CT molecular complexity index is 1420. The SMILES string of the molecule is c1ccc(Oc2cccc(-c3cc(CCCN4CCN(C(c5ccccc5)c5ccccc5)CC4)on3)c2)cc1. The molecule has 2 heterocycles. The van der Waals surface area contributed by atoms with E-state index >= 15 is 0 Å². The van der Waals surface area contributed by atoms with Crippen molar-refractivity contribution in [1.29, 1.82) is 0 Å². The van der Waals surface area contributed by atoms with E-state index in [0.29, 0.717) is 6.04 Å². The Kier molecular flexibility index (Phi) is 8.32. The Labute approximate surface area is 236 Å². The van der Waals surface area contributed by atoms with Crippen molar-refractivity contribution in [3.63, 3.8) is 0 Å². The van der Waals surface area contributed by atoms with Gasteiger partial charge in [-0.3, -0.25) is 4.90 Å². The summed E-state index contributed by atoms with van der Waals surface area (Å²) < 4.78 is 11.7. The van der Waals surface area contributed by atoms with Crippen LogP contribution in [0.5, 0.6) is 11.5 Å². The third-order valence-corrected chi connectivity index (χ3v) is 7.57. The van der Waals surface area contributed by atoms with Crippen molar-refractivity contribution >= 4 is 0 Å². The molecule has 1 fully saturated rings. The third kappa shape index (κ3) is 6.50. The average molecular weight is 530 g/mol. The molecule has 5 heteroatoms. The molecule has 5 nitrogen and oxygen atoms in total. The predicted molar refractivity (Wildman–Crippen MR) is 160 cm³/mol. The van der Waals surface area contributed by atoms with Crippen molar-refractivity contribution in [2.45, 2.75) is 18.9 Å². The number of para-hydroxylation sites is 1. The molecule has 1 aliphatic rings. The molecule has 0 spiro atoms. The fourth-order valence-corrected chi connectivity index (χ4v) is 5.52. The molecule has 0 N–H and O–H groups in total. The Balaban J connectivity index is 1.01. The minimum absolute atomic E-state index is 0.300. The van der Waals surface area contributed by atoms with E-state index in [4.69, 9.17) is 9.26 Å². The van der Waals surface area contributed by atoms with Gasteiger partial charge in [-0.25, -0.2) is 0 Å². The second-order valence-electron chi connectivity index (χ2n) is 10.3. The number of aromatic nitrogens is 1. The Hall–Kier alpha value is -4.19. The van der Waals surface area contributed by atoms with Gasteiger partial charge in [0.05, 0.1) is 6.04 Å². The highest BCUT2D eigenvalue weighted by Crippen LogP contribution is 2.30. The van der Waals surface area contributed by atoms with Crippen LogP contribution < -0.4 is 4.74 Å². The van der Waals surface area contributed by atoms with Crippen molar-refractivity contribution in [3.05, 3.63) is 138 Å². The van der Waals surface area contributed by atoms with Crippen LogP contribution in [0.25, 0.3) is 11.3 Å². The van der Waals surface area contributed by atoms with Gasteiger partial charge >= 0.3 is 0 Å². The number of hydrogen-bond donors (Lipinski definition) is 0. The fourth-order valence-electron chi connectivity index (χ4n) is 5.52. The molecule has 1 saturated heterocycles. The number of rotatable bonds is 10. The first-order chi connectivity index (χ1) is 19.8. The summed E-state index contributed by atoms with van der Waals surface area (Å²) in [4.78, 5) is 5.20. The van der Waals surface area contributed by atoms with Gasteiger partial charge in [-0.15, -0.1) is 0 Å². The average Bonchev–Trinajstić information content (AvgIpc) is 3.49. The van der Waals surface area contributed by atoms with Crippen molar-refractivity contribution in [2.24, 2.45) is 0 Å². The van der Waals surface area contributed by atoms with E-state index in [9.17, 15) is 0 Å². The fraction of sp³-hybridized carbons (Fsp3) is 0.229. The molecule has 40 heavy (non-hydrogen) atoms. The lowest BCUT2D eigenvalue weighted by Crippen LogP contribution is -2.48. The number of piperazine rings is 1. The van der Waals surface area contributed by atoms with Crippen LogP contribution in [0, 0.1) is 0 Å². The van der Waals surface area contributed by atoms with Gasteiger partial charge in [0.25, 0.3) is 0 Å². The lowest BCUT2D eigenvalue weighted by Gasteiger charge is -2.39. The normalized spacial score (nSPS) is 14.4. The van der Waals surface area contributed by atoms with Gasteiger partial charge in [-0.05, 0) is 48.4 Å². The molecule has 0 radical (unpaired) electrons. The van der Waals surface area contributed by atoms with E-state index in [0.717, 1.165) is 74.1 Å². The zero-order valence-corrected chi connectivity index (χ0v) is 22.7. The Morgan fingerprint density at radius 1 is 0.675 bits per heavy atom. The van der Waals surface area contributed by atoms with Crippen molar-refractivity contribution in [2.75, 3.05) is 32.7 Å². The molecule has 0 atom stereocenters. The van der Waals surface area contributed by atoms with Gasteiger partial charge in [0.2, 0.25) is 0 Å². The van der Waals surface area contributed by atoms with Crippen LogP contribution in [0.1, 0.15) is 29.3 Å². The molecule has 0 saturated carbocycles. The number of nitrogens with zero attached hydrogens (tertiary/aromatic N) is 3. The van der Waals surface area contributed by atoms with Gasteiger partial charge in [0.1, 0.15) is 23.0 Å². The zero-order chi connectivity index (χ0) is 27.0. The summed E-state index contributed by atoms with van der Waals surface area (Å²) >= 11 is 0. The zero-order valence-electron chi connectivity index (χ0n) is 22.7. The largest absolute Gasteiger partial charge is 0.457 e. The topological polar surface area (TPSA) is 41.7 Å². The van der Waals surface area contributed by atoms with Gasteiger partial charge in [-0.1, -0.05) is 96.2 Å². The quantitative estimate of drug-likeness (QED) is 0.188. The monoisotopic (exact) mass is 529 g/mol. The first-order valence-electron chi connectivity index (χ1n) is 14.2. The van der Waals surface area contributed by atoms with Crippen LogP contribution in [-0.4, -0.2) is 47.7 Å². The van der Waals surface area contributed by atoms with Gasteiger partial charge in [0.15, 0.2) is 0 Å². The van der Waals surface area contributed by atoms with Crippen LogP contribution in [0.15, 0.2) is 126 Å². The Morgan fingerprint density at radius 2 is 1.30 bits per heavy atom. The maximum absolute atomic E-state index is 5.98. The second kappa shape index (κ2) is 12.8. The molecular formula is C35H35N3O2. The predicted octanol–water partition coefficient (Wildman–Crippen LogP) is 7.47. The summed E-state index contributed by atoms with van der Waals surface area (Å²) in [6.45, 7) is 5.33. The van der Waals surface area contributed by atoms with Gasteiger partial charge in [0, 0.05) is 44.2 Å². The summed E-state index contributed by atoms with van der Waals surface area (Å²) in [6.07, 6.45) is 1.93. The summed E-state index contributed by atoms with van der Waals surface area (Å²) in [5, 5.41) is 4.34. The summed E-state index contributed by atoms with van der Waals surface area (Å²) in [7, 11) is 0. The molecule has 0 unspecified atom stereocenters. The molecule has 6 rings (SSSR count). The molecule has 202 valence electrons. The van der Waals surface area contributed by atoms with Crippen LogP contribution >= 0.6 is 0 Å². The lowest BCUT2D eigenvalue weighted by molar-refractivity contribution is 0.108. The maximum atomic E-state index is 5.98. The highest BCUT2D eigenvalue weighted by Gasteiger charge is 2.26. The smallest absolute Gasteiger partial charge is 0.137 e. The molecule has 1 aliphatic heterocycles. The first kappa shape index (κ1) is 26.1. The van der Waals surface area contributed by atoms with E-state index < -0.39 is 0 Å². The number of aryl methyl sites for hydroxylation is 1. The van der Waals surface area contributed by atoms with Crippen molar-refractivity contribution in [1.82, 2.24) is 15.0 Å². The van der Waals surface area contributed by atoms with E-state index in [1.807, 2.05) is 54.6 Å². The highest BCUT2D eigenvalue weighted by atomic mass is 16.5. The molecule has 0 bridgehead atoms. The first-order valence-corrected chi connectivity index (χ1v) is 14.2. The maximum Gasteiger partial charge on any atom is 0.137 e. The molecule has 5 aromatic rings. The van der Waals surface area contributed by atoms with Crippen molar-refractivity contribution in [3.8, 4) is 22.8 Å². The number of hydrogen-bond acceptors (Lipinski definition) is 5. The van der Waals surface area contributed by atoms with E-state index in [1.54, 1.807) is 0 Å². The van der Waals surface area contributed by atoms with E-state index in [-0.39, 0.29) is 0 Å². The summed E-state index contributed by atoms with van der Waals surface area (Å²) in [6, 6.07) is 41.9. The van der Waals surface area contributed by atoms with Crippen LogP contribution in [0.2, 0.25) is 0 Å². The third-order valence-electron chi connectivity index (χ3n) is 7.57. The second-order valence-corrected chi connectivity index (χ2v) is 10.3. The van der Waals surface area contributed by atoms with Crippen LogP contribution in [0.4, 0.5) is 0 Å². The minimum atomic E-state index is 0.300. The van der Waals surface area contributed by atoms with E-state index in [1.165, 1.54) is 11.1 Å². The molecule has 4 aromatic carbocycles. The molecular weight excluding hydrogens is 494 g/mol. The molecule has 1 aromatic heterocycles. The Morgan fingerprint density at radius 3 is 1.98 bits per heavy atom. The molecule has 0 aliphatic carbocycles. The summed E-state index contributed by atoms with van der Waals surface area (Å²) in [5.74, 6) is 2.53. The molecule has 0 amide bonds. The number of benzene rings is 4. The standard InChI is InChI=1S/C35H35N3O2/c1-4-12-28(13-5-1)35(29-14-6-2-7-15-29)38-24-22-37(23-25-38)21-11-20-33-27-34(36-40-33)30-16-10-19-32(26-30)39-31-17-8-3-9-18-31/h1-10,12-19,26-27,35H,11,20-25H2. The highest BCUT2D eigenvalue weighted by molar-refractivity contribution is 5.61. The van der Waals surface area contributed by atoms with Crippen molar-refractivity contribution < 1.29 is 9.26 Å². The van der Waals surface area contributed by atoms with Gasteiger partial charge < -0.3 is 14.2 Å². The summed E-state index contributed by atoms with van der Waals surface area (Å²) in [5.41, 5.74) is 4.56. The lowest BCUT2D eigenvalue weighted by atomic mass is 9.96. The van der Waals surface area contributed by atoms with Gasteiger partial charge in [-0.2, -0.15) is 0 Å². The van der Waals surface area contributed by atoms with Crippen LogP contribution in [-0.2, 0) is 6.42 Å². The number of ether oxygens (including phenoxy) is 1. The minimum Gasteiger partial charge on any atom is -0.457 e. The van der Waals surface area contributed by atoms with E-state index in [2.05, 4.69) is 81.7 Å². The van der Waals surface area contributed by atoms with Crippen LogP contribution in [0.3, 0.4) is 0 Å².